The number of nitrogens with zero attached hydrogens (tertiary/aromatic N) is 1. The van der Waals surface area contributed by atoms with Crippen molar-refractivity contribution in [3.8, 4) is 11.1 Å². The number of hydrogen-bond donors (Lipinski definition) is 1. The number of carbonyl (C=O) groups excluding carboxylic acids is 1. The lowest BCUT2D eigenvalue weighted by Crippen LogP contribution is -2.41. The summed E-state index contributed by atoms with van der Waals surface area (Å²) in [5, 5.41) is 0. The van der Waals surface area contributed by atoms with E-state index in [9.17, 15) is 9.18 Å². The highest BCUT2D eigenvalue weighted by Gasteiger charge is 2.51. The van der Waals surface area contributed by atoms with Gasteiger partial charge in [0.1, 0.15) is 17.4 Å². The second-order valence-electron chi connectivity index (χ2n) is 9.97. The molecule has 34 heavy (non-hydrogen) atoms. The van der Waals surface area contributed by atoms with Gasteiger partial charge in [0.15, 0.2) is 0 Å². The van der Waals surface area contributed by atoms with E-state index in [0.717, 1.165) is 27.7 Å². The van der Waals surface area contributed by atoms with Crippen LogP contribution in [-0.4, -0.2) is 29.1 Å². The minimum atomic E-state index is -0.532. The molecule has 7 heteroatoms. The van der Waals surface area contributed by atoms with Crippen LogP contribution >= 0.6 is 0 Å². The fraction of sp³-hybridized carbons (Fsp3) is 0.333. The molecule has 1 aliphatic rings. The second-order valence-corrected chi connectivity index (χ2v) is 9.97. The lowest BCUT2D eigenvalue weighted by atomic mass is 9.79. The molecule has 4 rings (SSSR count). The summed E-state index contributed by atoms with van der Waals surface area (Å²) in [6.07, 6.45) is 1.98. The molecule has 3 aromatic rings. The number of nitrogens with two attached hydrogens (primary N) is 1. The molecule has 0 saturated carbocycles. The van der Waals surface area contributed by atoms with E-state index in [1.54, 1.807) is 18.3 Å². The Morgan fingerprint density at radius 3 is 2.29 bits per heavy atom. The molecule has 2 heterocycles. The average Bonchev–Trinajstić information content (AvgIpc) is 2.98. The number of benzene rings is 2. The van der Waals surface area contributed by atoms with Crippen LogP contribution in [0.5, 0.6) is 0 Å². The van der Waals surface area contributed by atoms with Crippen molar-refractivity contribution in [3.05, 3.63) is 77.2 Å². The van der Waals surface area contributed by atoms with Gasteiger partial charge in [-0.15, -0.1) is 0 Å². The number of ketones is 1. The first-order valence-electron chi connectivity index (χ1n) is 11.4. The van der Waals surface area contributed by atoms with E-state index in [1.807, 2.05) is 65.0 Å². The van der Waals surface area contributed by atoms with Crippen LogP contribution in [0.1, 0.15) is 44.4 Å². The summed E-state index contributed by atoms with van der Waals surface area (Å²) < 4.78 is 26.3. The first-order valence-corrected chi connectivity index (χ1v) is 11.4. The Morgan fingerprint density at radius 1 is 1.00 bits per heavy atom. The highest BCUT2D eigenvalue weighted by molar-refractivity contribution is 6.62. The van der Waals surface area contributed by atoms with Crippen LogP contribution in [0, 0.1) is 12.7 Å². The lowest BCUT2D eigenvalue weighted by Gasteiger charge is -2.32. The molecule has 0 radical (unpaired) electrons. The van der Waals surface area contributed by atoms with E-state index < -0.39 is 18.3 Å². The van der Waals surface area contributed by atoms with E-state index in [-0.39, 0.29) is 24.4 Å². The summed E-state index contributed by atoms with van der Waals surface area (Å²) >= 11 is 0. The van der Waals surface area contributed by atoms with Crippen molar-refractivity contribution in [2.75, 3.05) is 5.73 Å². The zero-order valence-corrected chi connectivity index (χ0v) is 20.3. The molecule has 0 bridgehead atoms. The highest BCUT2D eigenvalue weighted by atomic mass is 19.1. The zero-order chi connectivity index (χ0) is 24.7. The Hall–Kier alpha value is -3.03. The summed E-state index contributed by atoms with van der Waals surface area (Å²) in [4.78, 5) is 16.9. The lowest BCUT2D eigenvalue weighted by molar-refractivity contribution is -0.117. The van der Waals surface area contributed by atoms with Crippen LogP contribution in [-0.2, 0) is 26.9 Å². The third-order valence-electron chi connectivity index (χ3n) is 6.72. The summed E-state index contributed by atoms with van der Waals surface area (Å²) in [7, 11) is -0.532. The van der Waals surface area contributed by atoms with E-state index in [2.05, 4.69) is 4.98 Å². The van der Waals surface area contributed by atoms with Gasteiger partial charge in [0.2, 0.25) is 0 Å². The largest absolute Gasteiger partial charge is 0.496 e. The van der Waals surface area contributed by atoms with Gasteiger partial charge in [-0.1, -0.05) is 42.0 Å². The molecule has 0 unspecified atom stereocenters. The van der Waals surface area contributed by atoms with Gasteiger partial charge in [0, 0.05) is 30.1 Å². The number of pyridine rings is 1. The number of anilines is 1. The van der Waals surface area contributed by atoms with Gasteiger partial charge >= 0.3 is 7.12 Å². The summed E-state index contributed by atoms with van der Waals surface area (Å²) in [6.45, 7) is 9.91. The minimum Gasteiger partial charge on any atom is -0.399 e. The smallest absolute Gasteiger partial charge is 0.399 e. The molecule has 5 nitrogen and oxygen atoms in total. The molecule has 1 saturated heterocycles. The van der Waals surface area contributed by atoms with Crippen molar-refractivity contribution in [1.29, 1.82) is 0 Å². The number of hydrogen-bond acceptors (Lipinski definition) is 5. The Kier molecular flexibility index (Phi) is 6.36. The Labute approximate surface area is 200 Å². The summed E-state index contributed by atoms with van der Waals surface area (Å²) in [5.41, 5.74) is 9.94. The average molecular weight is 460 g/mol. The molecule has 0 aliphatic carbocycles. The topological polar surface area (TPSA) is 74.4 Å². The van der Waals surface area contributed by atoms with Crippen molar-refractivity contribution < 1.29 is 18.5 Å². The molecule has 0 atom stereocenters. The Bertz CT molecular complexity index is 1210. The molecule has 0 spiro atoms. The van der Waals surface area contributed by atoms with Gasteiger partial charge in [-0.3, -0.25) is 4.79 Å². The fourth-order valence-electron chi connectivity index (χ4n) is 3.97. The highest BCUT2D eigenvalue weighted by Crippen LogP contribution is 2.37. The Morgan fingerprint density at radius 2 is 1.65 bits per heavy atom. The van der Waals surface area contributed by atoms with Gasteiger partial charge in [-0.25, -0.2) is 9.37 Å². The van der Waals surface area contributed by atoms with Gasteiger partial charge in [-0.05, 0) is 63.4 Å². The van der Waals surface area contributed by atoms with Crippen LogP contribution in [0.25, 0.3) is 11.1 Å². The monoisotopic (exact) mass is 460 g/mol. The van der Waals surface area contributed by atoms with E-state index in [0.29, 0.717) is 11.4 Å². The number of nitrogen functional groups attached to an aromatic ring is 1. The zero-order valence-electron chi connectivity index (χ0n) is 20.3. The maximum atomic E-state index is 14.0. The van der Waals surface area contributed by atoms with Crippen molar-refractivity contribution >= 4 is 24.2 Å². The number of carbonyl (C=O) groups is 1. The molecular weight excluding hydrogens is 430 g/mol. The number of rotatable bonds is 6. The van der Waals surface area contributed by atoms with Crippen LogP contribution in [0.2, 0.25) is 0 Å². The summed E-state index contributed by atoms with van der Waals surface area (Å²) in [5.74, 6) is 0.0133. The molecule has 1 aromatic heterocycles. The normalized spacial score (nSPS) is 16.6. The molecule has 1 fully saturated rings. The van der Waals surface area contributed by atoms with Gasteiger partial charge in [-0.2, -0.15) is 0 Å². The van der Waals surface area contributed by atoms with E-state index in [1.165, 1.54) is 6.07 Å². The molecule has 2 aromatic carbocycles. The molecule has 1 aliphatic heterocycles. The van der Waals surface area contributed by atoms with E-state index >= 15 is 0 Å². The van der Waals surface area contributed by atoms with Crippen LogP contribution in [0.4, 0.5) is 10.2 Å². The maximum absolute atomic E-state index is 14.0. The second kappa shape index (κ2) is 8.97. The van der Waals surface area contributed by atoms with Crippen molar-refractivity contribution in [2.24, 2.45) is 0 Å². The number of aryl methyl sites for hydroxylation is 1. The van der Waals surface area contributed by atoms with Crippen molar-refractivity contribution in [3.63, 3.8) is 0 Å². The third-order valence-corrected chi connectivity index (χ3v) is 6.72. The first kappa shape index (κ1) is 24.1. The van der Waals surface area contributed by atoms with Crippen molar-refractivity contribution in [2.45, 2.75) is 58.7 Å². The van der Waals surface area contributed by atoms with Gasteiger partial charge in [0.05, 0.1) is 11.2 Å². The maximum Gasteiger partial charge on any atom is 0.496 e. The van der Waals surface area contributed by atoms with Gasteiger partial charge < -0.3 is 15.0 Å². The Balaban J connectivity index is 1.49. The van der Waals surface area contributed by atoms with Crippen LogP contribution < -0.4 is 11.2 Å². The predicted molar refractivity (Wildman–Crippen MR) is 133 cm³/mol. The van der Waals surface area contributed by atoms with Gasteiger partial charge in [0.25, 0.3) is 0 Å². The fourth-order valence-corrected chi connectivity index (χ4v) is 3.97. The molecule has 2 N–H and O–H groups in total. The quantitative estimate of drug-likeness (QED) is 0.551. The minimum absolute atomic E-state index is 0.0406. The number of aromatic nitrogens is 1. The standard InChI is InChI=1S/C27H30BFN2O3/c1-17-6-11-24(29)20(12-17)14-22(32)13-18-7-9-19(10-8-18)23-15-21(16-31-25(23)30)28-33-26(2,3)27(4,5)34-28/h6-12,15-16H,13-14H2,1-5H3,(H2,30,31). The SMILES string of the molecule is Cc1ccc(F)c(CC(=O)Cc2ccc(-c3cc(B4OC(C)(C)C(C)(C)O4)cnc3N)cc2)c1. The van der Waals surface area contributed by atoms with Crippen molar-refractivity contribution in [1.82, 2.24) is 4.98 Å². The predicted octanol–water partition coefficient (Wildman–Crippen LogP) is 4.43. The van der Waals surface area contributed by atoms with Crippen LogP contribution in [0.3, 0.4) is 0 Å². The number of halogens is 1. The third kappa shape index (κ3) is 4.91. The van der Waals surface area contributed by atoms with E-state index in [4.69, 9.17) is 15.0 Å². The summed E-state index contributed by atoms with van der Waals surface area (Å²) in [6, 6.07) is 14.4. The van der Waals surface area contributed by atoms with Crippen LogP contribution in [0.15, 0.2) is 54.7 Å². The molecular formula is C27H30BFN2O3. The molecule has 176 valence electrons. The molecule has 0 amide bonds. The first-order chi connectivity index (χ1) is 15.9. The number of Topliss-reactive ketones (excluding diaryl/α,β-unsaturated/α-hetero) is 1.